The van der Waals surface area contributed by atoms with E-state index in [4.69, 9.17) is 0 Å². The standard InChI is InChI=1S/C9F10O/c10-2-1(3(11)8(15)16)7(20-9(17,18)19)6(14)5(13)4(2)12. The second-order valence-corrected chi connectivity index (χ2v) is 3.08. The van der Waals surface area contributed by atoms with Crippen molar-refractivity contribution in [1.82, 2.24) is 0 Å². The molecule has 0 spiro atoms. The van der Waals surface area contributed by atoms with Gasteiger partial charge in [-0.15, -0.1) is 13.2 Å². The minimum atomic E-state index is -5.79. The van der Waals surface area contributed by atoms with Crippen LogP contribution in [0, 0.1) is 23.3 Å². The first-order valence-electron chi connectivity index (χ1n) is 4.30. The Morgan fingerprint density at radius 1 is 0.750 bits per heavy atom. The summed E-state index contributed by atoms with van der Waals surface area (Å²) in [5.74, 6) is -16.8. The zero-order valence-electron chi connectivity index (χ0n) is 8.69. The maximum absolute atomic E-state index is 13.1. The van der Waals surface area contributed by atoms with Crippen molar-refractivity contribution in [2.45, 2.75) is 6.36 Å². The molecule has 0 saturated heterocycles. The Hall–Kier alpha value is -1.94. The van der Waals surface area contributed by atoms with Crippen LogP contribution in [0.3, 0.4) is 0 Å². The largest absolute Gasteiger partial charge is 0.573 e. The fourth-order valence-corrected chi connectivity index (χ4v) is 1.11. The minimum absolute atomic E-state index is 2.52. The number of benzene rings is 1. The van der Waals surface area contributed by atoms with E-state index in [1.807, 2.05) is 0 Å². The molecule has 1 aromatic carbocycles. The molecule has 0 atom stereocenters. The summed E-state index contributed by atoms with van der Waals surface area (Å²) in [6.45, 7) is 0. The van der Waals surface area contributed by atoms with Crippen molar-refractivity contribution < 1.29 is 48.6 Å². The topological polar surface area (TPSA) is 9.23 Å². The van der Waals surface area contributed by atoms with E-state index in [0.29, 0.717) is 0 Å². The Morgan fingerprint density at radius 2 is 1.20 bits per heavy atom. The molecule has 0 aromatic heterocycles. The Bertz CT molecular complexity index is 569. The van der Waals surface area contributed by atoms with Crippen LogP contribution in [0.2, 0.25) is 0 Å². The van der Waals surface area contributed by atoms with E-state index in [9.17, 15) is 43.9 Å². The predicted octanol–water partition coefficient (Wildman–Crippen LogP) is 4.68. The van der Waals surface area contributed by atoms with Crippen molar-refractivity contribution in [3.8, 4) is 5.75 Å². The molecule has 20 heavy (non-hydrogen) atoms. The molecule has 0 saturated carbocycles. The fraction of sp³-hybridized carbons (Fsp3) is 0.111. The number of hydrogen-bond acceptors (Lipinski definition) is 1. The first kappa shape index (κ1) is 16.1. The lowest BCUT2D eigenvalue weighted by Crippen LogP contribution is -2.20. The van der Waals surface area contributed by atoms with Gasteiger partial charge in [-0.05, 0) is 0 Å². The lowest BCUT2D eigenvalue weighted by atomic mass is 10.1. The normalized spacial score (nSPS) is 11.5. The number of rotatable bonds is 2. The monoisotopic (exact) mass is 314 g/mol. The smallest absolute Gasteiger partial charge is 0.402 e. The fourth-order valence-electron chi connectivity index (χ4n) is 1.11. The molecule has 0 fully saturated rings. The van der Waals surface area contributed by atoms with Crippen molar-refractivity contribution >= 4 is 5.83 Å². The van der Waals surface area contributed by atoms with Crippen molar-refractivity contribution in [3.63, 3.8) is 0 Å². The number of halogens is 10. The third-order valence-electron chi connectivity index (χ3n) is 1.83. The van der Waals surface area contributed by atoms with Crippen LogP contribution in [0.4, 0.5) is 43.9 Å². The average Bonchev–Trinajstić information content (AvgIpc) is 2.31. The van der Waals surface area contributed by atoms with Gasteiger partial charge in [0.15, 0.2) is 17.4 Å². The maximum atomic E-state index is 13.1. The lowest BCUT2D eigenvalue weighted by Gasteiger charge is -2.14. The predicted molar refractivity (Wildman–Crippen MR) is 43.2 cm³/mol. The van der Waals surface area contributed by atoms with Crippen LogP contribution < -0.4 is 4.74 Å². The maximum Gasteiger partial charge on any atom is 0.573 e. The molecule has 112 valence electrons. The van der Waals surface area contributed by atoms with E-state index < -0.39 is 52.9 Å². The minimum Gasteiger partial charge on any atom is -0.402 e. The third-order valence-corrected chi connectivity index (χ3v) is 1.83. The van der Waals surface area contributed by atoms with Gasteiger partial charge < -0.3 is 4.74 Å². The second-order valence-electron chi connectivity index (χ2n) is 3.08. The average molecular weight is 314 g/mol. The van der Waals surface area contributed by atoms with E-state index in [0.717, 1.165) is 0 Å². The van der Waals surface area contributed by atoms with Crippen LogP contribution in [0.5, 0.6) is 5.75 Å². The molecule has 1 aromatic rings. The highest BCUT2D eigenvalue weighted by molar-refractivity contribution is 5.67. The molecule has 1 nitrogen and oxygen atoms in total. The molecule has 11 heteroatoms. The van der Waals surface area contributed by atoms with Crippen LogP contribution in [0.15, 0.2) is 6.08 Å². The molecule has 0 radical (unpaired) electrons. The summed E-state index contributed by atoms with van der Waals surface area (Å²) < 4.78 is 127. The SMILES string of the molecule is FC(F)=C(F)c1c(F)c(F)c(F)c(F)c1OC(F)(F)F. The first-order chi connectivity index (χ1) is 8.97. The van der Waals surface area contributed by atoms with Gasteiger partial charge in [0.1, 0.15) is 5.56 Å². The molecule has 0 aliphatic heterocycles. The molecular weight excluding hydrogens is 314 g/mol. The quantitative estimate of drug-likeness (QED) is 0.438. The van der Waals surface area contributed by atoms with Gasteiger partial charge in [0, 0.05) is 0 Å². The van der Waals surface area contributed by atoms with Gasteiger partial charge in [-0.2, -0.15) is 13.2 Å². The van der Waals surface area contributed by atoms with Crippen LogP contribution in [-0.2, 0) is 0 Å². The van der Waals surface area contributed by atoms with Crippen molar-refractivity contribution in [2.75, 3.05) is 0 Å². The van der Waals surface area contributed by atoms with Gasteiger partial charge in [-0.3, -0.25) is 0 Å². The van der Waals surface area contributed by atoms with Gasteiger partial charge in [-0.25, -0.2) is 17.6 Å². The van der Waals surface area contributed by atoms with Crippen molar-refractivity contribution in [1.29, 1.82) is 0 Å². The Balaban J connectivity index is 3.75. The van der Waals surface area contributed by atoms with Gasteiger partial charge in [0.2, 0.25) is 17.5 Å². The molecule has 0 aliphatic carbocycles. The van der Waals surface area contributed by atoms with Crippen molar-refractivity contribution in [2.24, 2.45) is 0 Å². The molecule has 1 rings (SSSR count). The summed E-state index contributed by atoms with van der Waals surface area (Å²) in [5, 5.41) is 0. The molecule has 0 amide bonds. The molecule has 0 aliphatic rings. The van der Waals surface area contributed by atoms with Gasteiger partial charge >= 0.3 is 12.4 Å². The summed E-state index contributed by atoms with van der Waals surface area (Å²) in [6, 6.07) is 0. The highest BCUT2D eigenvalue weighted by atomic mass is 19.4. The number of alkyl halides is 3. The van der Waals surface area contributed by atoms with Crippen LogP contribution in [0.25, 0.3) is 5.83 Å². The van der Waals surface area contributed by atoms with Crippen LogP contribution >= 0.6 is 0 Å². The third kappa shape index (κ3) is 2.96. The summed E-state index contributed by atoms with van der Waals surface area (Å²) >= 11 is 0. The van der Waals surface area contributed by atoms with Crippen LogP contribution in [0.1, 0.15) is 5.56 Å². The van der Waals surface area contributed by atoms with Gasteiger partial charge in [0.25, 0.3) is 0 Å². The molecule has 0 heterocycles. The lowest BCUT2D eigenvalue weighted by molar-refractivity contribution is -0.275. The van der Waals surface area contributed by atoms with E-state index >= 15 is 0 Å². The van der Waals surface area contributed by atoms with E-state index in [-0.39, 0.29) is 0 Å². The first-order valence-corrected chi connectivity index (χ1v) is 4.30. The Labute approximate surface area is 103 Å². The molecule has 0 bridgehead atoms. The van der Waals surface area contributed by atoms with Crippen LogP contribution in [-0.4, -0.2) is 6.36 Å². The van der Waals surface area contributed by atoms with Crippen molar-refractivity contribution in [3.05, 3.63) is 34.9 Å². The van der Waals surface area contributed by atoms with Gasteiger partial charge in [-0.1, -0.05) is 0 Å². The summed E-state index contributed by atoms with van der Waals surface area (Å²) in [6.07, 6.45) is -9.18. The Kier molecular flexibility index (Phi) is 4.20. The summed E-state index contributed by atoms with van der Waals surface area (Å²) in [5.41, 5.74) is -2.52. The summed E-state index contributed by atoms with van der Waals surface area (Å²) in [4.78, 5) is 0. The zero-order chi connectivity index (χ0) is 15.8. The van der Waals surface area contributed by atoms with Gasteiger partial charge in [0.05, 0.1) is 0 Å². The zero-order valence-corrected chi connectivity index (χ0v) is 8.69. The van der Waals surface area contributed by atoms with E-state index in [1.54, 1.807) is 0 Å². The summed E-state index contributed by atoms with van der Waals surface area (Å²) in [7, 11) is 0. The van der Waals surface area contributed by atoms with E-state index in [1.165, 1.54) is 0 Å². The second kappa shape index (κ2) is 5.21. The molecule has 0 unspecified atom stereocenters. The Morgan fingerprint density at radius 3 is 1.60 bits per heavy atom. The molecular formula is C9F10O. The highest BCUT2D eigenvalue weighted by Gasteiger charge is 2.39. The van der Waals surface area contributed by atoms with E-state index in [2.05, 4.69) is 4.74 Å². The number of ether oxygens (including phenoxy) is 1. The number of hydrogen-bond donors (Lipinski definition) is 0. The highest BCUT2D eigenvalue weighted by Crippen LogP contribution is 2.40. The molecule has 0 N–H and O–H groups in total.